The van der Waals surface area contributed by atoms with Crippen molar-refractivity contribution in [3.05, 3.63) is 59.4 Å². The number of aromatic nitrogens is 3. The molecule has 0 aliphatic heterocycles. The molecule has 0 fully saturated rings. The minimum absolute atomic E-state index is 0.161. The Labute approximate surface area is 170 Å². The van der Waals surface area contributed by atoms with Crippen molar-refractivity contribution in [1.82, 2.24) is 19.9 Å². The highest BCUT2D eigenvalue weighted by Crippen LogP contribution is 2.26. The lowest BCUT2D eigenvalue weighted by atomic mass is 10.1. The predicted molar refractivity (Wildman–Crippen MR) is 113 cm³/mol. The number of ether oxygens (including phenoxy) is 2. The lowest BCUT2D eigenvalue weighted by Crippen LogP contribution is -2.20. The zero-order valence-electron chi connectivity index (χ0n) is 17.1. The molecular formula is C21H26N6O2. The van der Waals surface area contributed by atoms with Gasteiger partial charge in [0, 0.05) is 12.1 Å². The summed E-state index contributed by atoms with van der Waals surface area (Å²) in [6, 6.07) is 13.7. The SMILES string of the molecule is COc1ccc(C)cc1CN(C)Cc1nc(N)nc(Nc2ccccc2OC)n1. The summed E-state index contributed by atoms with van der Waals surface area (Å²) in [5.41, 5.74) is 8.94. The number of nitrogens with zero attached hydrogens (tertiary/aromatic N) is 4. The van der Waals surface area contributed by atoms with Crippen LogP contribution in [0.25, 0.3) is 0 Å². The topological polar surface area (TPSA) is 98.4 Å². The van der Waals surface area contributed by atoms with Crippen LogP contribution in [-0.4, -0.2) is 41.1 Å². The number of methoxy groups -OCH3 is 2. The Morgan fingerprint density at radius 2 is 1.72 bits per heavy atom. The molecule has 0 aliphatic carbocycles. The summed E-state index contributed by atoms with van der Waals surface area (Å²) in [4.78, 5) is 15.1. The quantitative estimate of drug-likeness (QED) is 0.601. The number of rotatable bonds is 8. The molecule has 0 unspecified atom stereocenters. The molecule has 29 heavy (non-hydrogen) atoms. The highest BCUT2D eigenvalue weighted by Gasteiger charge is 2.12. The van der Waals surface area contributed by atoms with Crippen molar-refractivity contribution < 1.29 is 9.47 Å². The fourth-order valence-electron chi connectivity index (χ4n) is 3.05. The first kappa shape index (κ1) is 20.3. The van der Waals surface area contributed by atoms with Gasteiger partial charge in [0.25, 0.3) is 0 Å². The van der Waals surface area contributed by atoms with Crippen LogP contribution in [0.5, 0.6) is 11.5 Å². The zero-order valence-corrected chi connectivity index (χ0v) is 17.1. The Kier molecular flexibility index (Phi) is 6.46. The molecule has 0 spiro atoms. The van der Waals surface area contributed by atoms with Crippen molar-refractivity contribution >= 4 is 17.6 Å². The van der Waals surface area contributed by atoms with Crippen molar-refractivity contribution in [2.75, 3.05) is 32.3 Å². The van der Waals surface area contributed by atoms with Gasteiger partial charge >= 0.3 is 0 Å². The summed E-state index contributed by atoms with van der Waals surface area (Å²) in [7, 11) is 5.29. The molecule has 0 amide bonds. The third-order valence-corrected chi connectivity index (χ3v) is 4.34. The highest BCUT2D eigenvalue weighted by molar-refractivity contribution is 5.62. The molecule has 2 aromatic carbocycles. The third-order valence-electron chi connectivity index (χ3n) is 4.34. The molecular weight excluding hydrogens is 368 g/mol. The van der Waals surface area contributed by atoms with Gasteiger partial charge in [0.1, 0.15) is 17.3 Å². The summed E-state index contributed by atoms with van der Waals surface area (Å²) in [5, 5.41) is 3.15. The molecule has 1 heterocycles. The van der Waals surface area contributed by atoms with Crippen LogP contribution in [-0.2, 0) is 13.1 Å². The highest BCUT2D eigenvalue weighted by atomic mass is 16.5. The second-order valence-electron chi connectivity index (χ2n) is 6.75. The number of benzene rings is 2. The molecule has 3 N–H and O–H groups in total. The minimum Gasteiger partial charge on any atom is -0.496 e. The predicted octanol–water partition coefficient (Wildman–Crippen LogP) is 3.16. The van der Waals surface area contributed by atoms with Gasteiger partial charge in [-0.1, -0.05) is 29.8 Å². The number of hydrogen-bond donors (Lipinski definition) is 2. The van der Waals surface area contributed by atoms with Crippen LogP contribution in [0.1, 0.15) is 17.0 Å². The van der Waals surface area contributed by atoms with E-state index in [9.17, 15) is 0 Å². The average Bonchev–Trinajstić information content (AvgIpc) is 2.68. The van der Waals surface area contributed by atoms with E-state index in [1.54, 1.807) is 14.2 Å². The van der Waals surface area contributed by atoms with Gasteiger partial charge in [0.05, 0.1) is 26.5 Å². The van der Waals surface area contributed by atoms with Crippen LogP contribution in [0.2, 0.25) is 0 Å². The molecule has 8 heteroatoms. The van der Waals surface area contributed by atoms with E-state index in [0.29, 0.717) is 30.6 Å². The number of para-hydroxylation sites is 2. The summed E-state index contributed by atoms with van der Waals surface area (Å²) in [5.74, 6) is 2.66. The Balaban J connectivity index is 1.75. The van der Waals surface area contributed by atoms with E-state index in [1.807, 2.05) is 43.4 Å². The maximum absolute atomic E-state index is 5.91. The molecule has 8 nitrogen and oxygen atoms in total. The largest absolute Gasteiger partial charge is 0.496 e. The van der Waals surface area contributed by atoms with E-state index in [1.165, 1.54) is 5.56 Å². The summed E-state index contributed by atoms with van der Waals surface area (Å²) < 4.78 is 10.8. The van der Waals surface area contributed by atoms with Gasteiger partial charge in [-0.05, 0) is 32.2 Å². The van der Waals surface area contributed by atoms with Crippen molar-refractivity contribution in [3.63, 3.8) is 0 Å². The zero-order chi connectivity index (χ0) is 20.8. The number of aryl methyl sites for hydroxylation is 1. The molecule has 0 saturated carbocycles. The van der Waals surface area contributed by atoms with E-state index in [0.717, 1.165) is 17.0 Å². The molecule has 0 bridgehead atoms. The van der Waals surface area contributed by atoms with Gasteiger partial charge < -0.3 is 20.5 Å². The molecule has 3 rings (SSSR count). The van der Waals surface area contributed by atoms with E-state index in [-0.39, 0.29) is 5.95 Å². The lowest BCUT2D eigenvalue weighted by molar-refractivity contribution is 0.302. The second kappa shape index (κ2) is 9.20. The monoisotopic (exact) mass is 394 g/mol. The molecule has 0 radical (unpaired) electrons. The number of nitrogen functional groups attached to an aromatic ring is 1. The van der Waals surface area contributed by atoms with Gasteiger partial charge in [-0.25, -0.2) is 0 Å². The summed E-state index contributed by atoms with van der Waals surface area (Å²) in [6.07, 6.45) is 0. The Morgan fingerprint density at radius 3 is 2.48 bits per heavy atom. The molecule has 1 aromatic heterocycles. The maximum Gasteiger partial charge on any atom is 0.232 e. The van der Waals surface area contributed by atoms with Crippen LogP contribution in [0.15, 0.2) is 42.5 Å². The molecule has 3 aromatic rings. The number of nitrogens with one attached hydrogen (secondary N) is 1. The maximum atomic E-state index is 5.91. The Bertz CT molecular complexity index is 979. The molecule has 0 saturated heterocycles. The van der Waals surface area contributed by atoms with E-state index in [4.69, 9.17) is 15.2 Å². The van der Waals surface area contributed by atoms with Gasteiger partial charge in [-0.2, -0.15) is 15.0 Å². The summed E-state index contributed by atoms with van der Waals surface area (Å²) in [6.45, 7) is 3.25. The Hall–Kier alpha value is -3.39. The van der Waals surface area contributed by atoms with E-state index < -0.39 is 0 Å². The molecule has 0 aliphatic rings. The third kappa shape index (κ3) is 5.32. The number of hydrogen-bond acceptors (Lipinski definition) is 8. The van der Waals surface area contributed by atoms with Crippen molar-refractivity contribution in [3.8, 4) is 11.5 Å². The lowest BCUT2D eigenvalue weighted by Gasteiger charge is -2.18. The van der Waals surface area contributed by atoms with Crippen molar-refractivity contribution in [2.45, 2.75) is 20.0 Å². The van der Waals surface area contributed by atoms with Crippen LogP contribution in [0.3, 0.4) is 0 Å². The fraction of sp³-hybridized carbons (Fsp3) is 0.286. The molecule has 152 valence electrons. The van der Waals surface area contributed by atoms with Crippen LogP contribution in [0, 0.1) is 6.92 Å². The Morgan fingerprint density at radius 1 is 0.966 bits per heavy atom. The first-order valence-corrected chi connectivity index (χ1v) is 9.21. The van der Waals surface area contributed by atoms with Gasteiger partial charge in [-0.15, -0.1) is 0 Å². The van der Waals surface area contributed by atoms with Gasteiger partial charge in [0.2, 0.25) is 11.9 Å². The number of nitrogens with two attached hydrogens (primary N) is 1. The van der Waals surface area contributed by atoms with Crippen LogP contribution >= 0.6 is 0 Å². The van der Waals surface area contributed by atoms with E-state index in [2.05, 4.69) is 38.2 Å². The first-order valence-electron chi connectivity index (χ1n) is 9.21. The van der Waals surface area contributed by atoms with Gasteiger partial charge in [-0.3, -0.25) is 4.90 Å². The minimum atomic E-state index is 0.161. The first-order chi connectivity index (χ1) is 14.0. The van der Waals surface area contributed by atoms with Crippen LogP contribution < -0.4 is 20.5 Å². The number of anilines is 3. The van der Waals surface area contributed by atoms with Crippen molar-refractivity contribution in [2.24, 2.45) is 0 Å². The van der Waals surface area contributed by atoms with Crippen molar-refractivity contribution in [1.29, 1.82) is 0 Å². The van der Waals surface area contributed by atoms with Gasteiger partial charge in [0.15, 0.2) is 0 Å². The normalized spacial score (nSPS) is 10.8. The van der Waals surface area contributed by atoms with E-state index >= 15 is 0 Å². The molecule has 0 atom stereocenters. The summed E-state index contributed by atoms with van der Waals surface area (Å²) >= 11 is 0. The fourth-order valence-corrected chi connectivity index (χ4v) is 3.05. The second-order valence-corrected chi connectivity index (χ2v) is 6.75. The average molecular weight is 394 g/mol. The smallest absolute Gasteiger partial charge is 0.232 e. The van der Waals surface area contributed by atoms with Crippen LogP contribution in [0.4, 0.5) is 17.6 Å². The standard InChI is InChI=1S/C21H26N6O2/c1-14-9-10-17(28-3)15(11-14)12-27(2)13-19-24-20(22)26-21(25-19)23-16-7-5-6-8-18(16)29-4/h5-11H,12-13H2,1-4H3,(H3,22,23,24,25,26).